The smallest absolute Gasteiger partial charge is 0.260 e. The van der Waals surface area contributed by atoms with Crippen molar-refractivity contribution in [2.24, 2.45) is 7.05 Å². The number of fused-ring (bicyclic) bond motifs is 1. The highest BCUT2D eigenvalue weighted by molar-refractivity contribution is 6.06. The Bertz CT molecular complexity index is 997. The molecule has 4 rings (SSSR count). The van der Waals surface area contributed by atoms with Gasteiger partial charge in [-0.05, 0) is 32.0 Å². The molecule has 1 aliphatic heterocycles. The van der Waals surface area contributed by atoms with Crippen LogP contribution in [0.2, 0.25) is 0 Å². The van der Waals surface area contributed by atoms with E-state index in [2.05, 4.69) is 15.7 Å². The normalized spacial score (nSPS) is 16.3. The number of carbonyl (C=O) groups is 2. The zero-order valence-electron chi connectivity index (χ0n) is 14.6. The van der Waals surface area contributed by atoms with Crippen molar-refractivity contribution in [1.29, 1.82) is 0 Å². The summed E-state index contributed by atoms with van der Waals surface area (Å²) < 4.78 is 12.5. The lowest BCUT2D eigenvalue weighted by atomic mass is 9.91. The standard InChI is InChI=1S/C18H18N4O4/c1-9-7-11(10(2)26-9)18(24)20-16-15-12(13-5-4-6-25-13)8-14(23)19-17(15)22(3)21-16/h4-7,12H,8H2,1-3H3,(H,19,23)(H,20,21,24)/t12-/m0/s1. The zero-order chi connectivity index (χ0) is 18.4. The third-order valence-electron chi connectivity index (χ3n) is 4.48. The molecule has 26 heavy (non-hydrogen) atoms. The lowest BCUT2D eigenvalue weighted by Gasteiger charge is -2.22. The predicted molar refractivity (Wildman–Crippen MR) is 93.1 cm³/mol. The van der Waals surface area contributed by atoms with Crippen molar-refractivity contribution in [1.82, 2.24) is 9.78 Å². The molecule has 0 aliphatic carbocycles. The highest BCUT2D eigenvalue weighted by Crippen LogP contribution is 2.41. The fourth-order valence-corrected chi connectivity index (χ4v) is 3.35. The zero-order valence-corrected chi connectivity index (χ0v) is 14.6. The summed E-state index contributed by atoms with van der Waals surface area (Å²) in [6.07, 6.45) is 1.78. The van der Waals surface area contributed by atoms with Crippen LogP contribution in [0.1, 0.15) is 45.5 Å². The van der Waals surface area contributed by atoms with Crippen LogP contribution in [-0.4, -0.2) is 21.6 Å². The number of hydrogen-bond acceptors (Lipinski definition) is 5. The van der Waals surface area contributed by atoms with E-state index in [9.17, 15) is 9.59 Å². The summed E-state index contributed by atoms with van der Waals surface area (Å²) in [5.74, 6) is 2.06. The summed E-state index contributed by atoms with van der Waals surface area (Å²) in [6.45, 7) is 3.52. The lowest BCUT2D eigenvalue weighted by Crippen LogP contribution is -2.25. The molecule has 3 aromatic rings. The van der Waals surface area contributed by atoms with Crippen molar-refractivity contribution in [3.8, 4) is 0 Å². The summed E-state index contributed by atoms with van der Waals surface area (Å²) in [6, 6.07) is 5.27. The van der Waals surface area contributed by atoms with E-state index in [1.54, 1.807) is 44.0 Å². The van der Waals surface area contributed by atoms with Gasteiger partial charge in [0.1, 0.15) is 23.1 Å². The first-order chi connectivity index (χ1) is 12.4. The molecule has 4 heterocycles. The van der Waals surface area contributed by atoms with Crippen LogP contribution in [0.3, 0.4) is 0 Å². The number of aryl methyl sites for hydroxylation is 3. The average Bonchev–Trinajstić information content (AvgIpc) is 3.28. The first-order valence-corrected chi connectivity index (χ1v) is 8.22. The number of anilines is 2. The van der Waals surface area contributed by atoms with Gasteiger partial charge in [0.2, 0.25) is 5.91 Å². The van der Waals surface area contributed by atoms with E-state index in [0.717, 1.165) is 5.56 Å². The summed E-state index contributed by atoms with van der Waals surface area (Å²) in [5, 5.41) is 10.0. The molecule has 0 fully saturated rings. The number of furan rings is 2. The average molecular weight is 354 g/mol. The monoisotopic (exact) mass is 354 g/mol. The molecule has 2 amide bonds. The molecule has 0 spiro atoms. The van der Waals surface area contributed by atoms with Crippen molar-refractivity contribution in [3.05, 3.63) is 52.9 Å². The second-order valence-corrected chi connectivity index (χ2v) is 6.34. The first-order valence-electron chi connectivity index (χ1n) is 8.22. The lowest BCUT2D eigenvalue weighted by molar-refractivity contribution is -0.116. The van der Waals surface area contributed by atoms with Gasteiger partial charge in [-0.3, -0.25) is 14.3 Å². The van der Waals surface area contributed by atoms with Gasteiger partial charge in [0.05, 0.1) is 23.3 Å². The molecular weight excluding hydrogens is 336 g/mol. The van der Waals surface area contributed by atoms with Gasteiger partial charge in [0.15, 0.2) is 5.82 Å². The van der Waals surface area contributed by atoms with Gasteiger partial charge in [0, 0.05) is 13.5 Å². The van der Waals surface area contributed by atoms with Crippen LogP contribution < -0.4 is 10.6 Å². The molecule has 1 atom stereocenters. The van der Waals surface area contributed by atoms with Gasteiger partial charge >= 0.3 is 0 Å². The molecule has 0 aromatic carbocycles. The molecule has 1 aliphatic rings. The van der Waals surface area contributed by atoms with E-state index in [0.29, 0.717) is 34.5 Å². The Labute approximate surface area is 149 Å². The number of carbonyl (C=O) groups excluding carboxylic acids is 2. The number of nitrogens with zero attached hydrogens (tertiary/aromatic N) is 2. The minimum Gasteiger partial charge on any atom is -0.469 e. The van der Waals surface area contributed by atoms with Gasteiger partial charge in [-0.2, -0.15) is 5.10 Å². The van der Waals surface area contributed by atoms with Gasteiger partial charge in [-0.1, -0.05) is 0 Å². The number of amides is 2. The maximum atomic E-state index is 12.7. The summed E-state index contributed by atoms with van der Waals surface area (Å²) >= 11 is 0. The van der Waals surface area contributed by atoms with Crippen molar-refractivity contribution < 1.29 is 18.4 Å². The Morgan fingerprint density at radius 1 is 1.42 bits per heavy atom. The molecule has 0 radical (unpaired) electrons. The Balaban J connectivity index is 1.74. The third-order valence-corrected chi connectivity index (χ3v) is 4.48. The minimum absolute atomic E-state index is 0.124. The van der Waals surface area contributed by atoms with Crippen LogP contribution in [0.15, 0.2) is 33.3 Å². The predicted octanol–water partition coefficient (Wildman–Crippen LogP) is 2.95. The van der Waals surface area contributed by atoms with Crippen molar-refractivity contribution >= 4 is 23.5 Å². The third kappa shape index (κ3) is 2.59. The van der Waals surface area contributed by atoms with Crippen LogP contribution in [0.25, 0.3) is 0 Å². The summed E-state index contributed by atoms with van der Waals surface area (Å²) in [5.41, 5.74) is 1.18. The molecule has 8 heteroatoms. The van der Waals surface area contributed by atoms with E-state index in [4.69, 9.17) is 8.83 Å². The van der Waals surface area contributed by atoms with E-state index in [-0.39, 0.29) is 24.2 Å². The van der Waals surface area contributed by atoms with Crippen LogP contribution in [-0.2, 0) is 11.8 Å². The Morgan fingerprint density at radius 2 is 2.23 bits per heavy atom. The summed E-state index contributed by atoms with van der Waals surface area (Å²) in [4.78, 5) is 24.8. The maximum absolute atomic E-state index is 12.7. The fourth-order valence-electron chi connectivity index (χ4n) is 3.35. The van der Waals surface area contributed by atoms with Gasteiger partial charge < -0.3 is 19.5 Å². The van der Waals surface area contributed by atoms with E-state index >= 15 is 0 Å². The topological polar surface area (TPSA) is 102 Å². The van der Waals surface area contributed by atoms with Crippen LogP contribution >= 0.6 is 0 Å². The number of aromatic nitrogens is 2. The molecule has 2 N–H and O–H groups in total. The first kappa shape index (κ1) is 16.2. The van der Waals surface area contributed by atoms with Crippen LogP contribution in [0.5, 0.6) is 0 Å². The number of rotatable bonds is 3. The van der Waals surface area contributed by atoms with Crippen LogP contribution in [0.4, 0.5) is 11.6 Å². The molecule has 134 valence electrons. The SMILES string of the molecule is Cc1cc(C(=O)Nc2nn(C)c3c2[C@H](c2ccco2)CC(=O)N3)c(C)o1. The fraction of sp³-hybridized carbons (Fsp3) is 0.278. The molecule has 0 bridgehead atoms. The quantitative estimate of drug-likeness (QED) is 0.753. The molecule has 3 aromatic heterocycles. The number of nitrogens with one attached hydrogen (secondary N) is 2. The van der Waals surface area contributed by atoms with Gasteiger partial charge in [-0.15, -0.1) is 0 Å². The largest absolute Gasteiger partial charge is 0.469 e. The highest BCUT2D eigenvalue weighted by Gasteiger charge is 2.35. The van der Waals surface area contributed by atoms with Gasteiger partial charge in [0.25, 0.3) is 5.91 Å². The van der Waals surface area contributed by atoms with Crippen molar-refractivity contribution in [2.45, 2.75) is 26.2 Å². The van der Waals surface area contributed by atoms with Crippen molar-refractivity contribution in [3.63, 3.8) is 0 Å². The Kier molecular flexibility index (Phi) is 3.68. The number of hydrogen-bond donors (Lipinski definition) is 2. The molecular formula is C18H18N4O4. The van der Waals surface area contributed by atoms with Crippen molar-refractivity contribution in [2.75, 3.05) is 10.6 Å². The molecule has 0 unspecified atom stereocenters. The van der Waals surface area contributed by atoms with E-state index in [1.807, 2.05) is 6.07 Å². The second kappa shape index (κ2) is 5.91. The van der Waals surface area contributed by atoms with Crippen LogP contribution in [0, 0.1) is 13.8 Å². The second-order valence-electron chi connectivity index (χ2n) is 6.34. The minimum atomic E-state index is -0.315. The Hall–Kier alpha value is -3.29. The highest BCUT2D eigenvalue weighted by atomic mass is 16.3. The summed E-state index contributed by atoms with van der Waals surface area (Å²) in [7, 11) is 1.71. The van der Waals surface area contributed by atoms with E-state index in [1.165, 1.54) is 0 Å². The van der Waals surface area contributed by atoms with Gasteiger partial charge in [-0.25, -0.2) is 0 Å². The molecule has 0 saturated carbocycles. The molecule has 8 nitrogen and oxygen atoms in total. The molecule has 0 saturated heterocycles. The van der Waals surface area contributed by atoms with E-state index < -0.39 is 0 Å². The maximum Gasteiger partial charge on any atom is 0.260 e. The Morgan fingerprint density at radius 3 is 2.88 bits per heavy atom.